The lowest BCUT2D eigenvalue weighted by molar-refractivity contribution is -0.119. The Labute approximate surface area is 120 Å². The van der Waals surface area contributed by atoms with Crippen molar-refractivity contribution in [1.82, 2.24) is 5.32 Å². The van der Waals surface area contributed by atoms with Gasteiger partial charge in [-0.25, -0.2) is 0 Å². The molecule has 2 rings (SSSR count). The summed E-state index contributed by atoms with van der Waals surface area (Å²) in [4.78, 5) is 12.0. The highest BCUT2D eigenvalue weighted by molar-refractivity contribution is 7.83. The first-order valence-corrected chi connectivity index (χ1v) is 8.27. The van der Waals surface area contributed by atoms with Crippen molar-refractivity contribution in [3.63, 3.8) is 0 Å². The number of anilines is 1. The highest BCUT2D eigenvalue weighted by atomic mass is 35.5. The molecular formula is C13H17ClN2O2S. The van der Waals surface area contributed by atoms with Crippen LogP contribution < -0.4 is 10.6 Å². The molecule has 0 aromatic heterocycles. The minimum absolute atomic E-state index is 0.0240. The molecule has 19 heavy (non-hydrogen) atoms. The quantitative estimate of drug-likeness (QED) is 0.891. The molecule has 6 heteroatoms. The van der Waals surface area contributed by atoms with Gasteiger partial charge in [0.05, 0.1) is 5.92 Å². The number of rotatable bonds is 4. The van der Waals surface area contributed by atoms with Crippen LogP contribution in [0.15, 0.2) is 18.2 Å². The predicted molar refractivity (Wildman–Crippen MR) is 78.8 cm³/mol. The molecule has 0 spiro atoms. The zero-order valence-electron chi connectivity index (χ0n) is 10.7. The molecule has 0 radical (unpaired) electrons. The third-order valence-electron chi connectivity index (χ3n) is 3.10. The monoisotopic (exact) mass is 300 g/mol. The Morgan fingerprint density at radius 3 is 3.00 bits per heavy atom. The molecule has 1 saturated heterocycles. The lowest BCUT2D eigenvalue weighted by Crippen LogP contribution is -2.24. The number of carbonyl (C=O) groups is 1. The molecule has 2 atom stereocenters. The van der Waals surface area contributed by atoms with Gasteiger partial charge in [0, 0.05) is 40.1 Å². The van der Waals surface area contributed by atoms with E-state index in [9.17, 15) is 9.00 Å². The summed E-state index contributed by atoms with van der Waals surface area (Å²) >= 11 is 6.05. The number of hydrogen-bond acceptors (Lipinski definition) is 3. The summed E-state index contributed by atoms with van der Waals surface area (Å²) in [5, 5.41) is 6.63. The molecule has 2 unspecified atom stereocenters. The van der Waals surface area contributed by atoms with Crippen molar-refractivity contribution in [2.45, 2.75) is 12.2 Å². The Hall–Kier alpha value is -0.910. The maximum absolute atomic E-state index is 12.0. The SMILES string of the molecule is CS(=O)Cc1cc(NC(=O)C2CCNC2)ccc1Cl. The zero-order valence-corrected chi connectivity index (χ0v) is 12.3. The lowest BCUT2D eigenvalue weighted by atomic mass is 10.1. The Bertz CT molecular complexity index is 501. The van der Waals surface area contributed by atoms with Gasteiger partial charge < -0.3 is 10.6 Å². The fourth-order valence-corrected chi connectivity index (χ4v) is 3.05. The van der Waals surface area contributed by atoms with Gasteiger partial charge in [-0.3, -0.25) is 9.00 Å². The lowest BCUT2D eigenvalue weighted by Gasteiger charge is -2.11. The van der Waals surface area contributed by atoms with Crippen LogP contribution in [0, 0.1) is 5.92 Å². The first-order chi connectivity index (χ1) is 9.06. The van der Waals surface area contributed by atoms with E-state index in [1.807, 2.05) is 0 Å². The van der Waals surface area contributed by atoms with E-state index in [-0.39, 0.29) is 11.8 Å². The Balaban J connectivity index is 2.07. The zero-order chi connectivity index (χ0) is 13.8. The van der Waals surface area contributed by atoms with Gasteiger partial charge in [-0.2, -0.15) is 0 Å². The van der Waals surface area contributed by atoms with Crippen molar-refractivity contribution in [3.05, 3.63) is 28.8 Å². The summed E-state index contributed by atoms with van der Waals surface area (Å²) in [6, 6.07) is 5.29. The molecule has 0 aliphatic carbocycles. The summed E-state index contributed by atoms with van der Waals surface area (Å²) < 4.78 is 11.3. The molecule has 1 amide bonds. The molecule has 1 aliphatic rings. The van der Waals surface area contributed by atoms with E-state index in [0.29, 0.717) is 16.5 Å². The van der Waals surface area contributed by atoms with E-state index >= 15 is 0 Å². The van der Waals surface area contributed by atoms with Gasteiger partial charge >= 0.3 is 0 Å². The number of nitrogens with one attached hydrogen (secondary N) is 2. The van der Waals surface area contributed by atoms with E-state index in [2.05, 4.69) is 10.6 Å². The average molecular weight is 301 g/mol. The second kappa shape index (κ2) is 6.50. The molecule has 1 aliphatic heterocycles. The van der Waals surface area contributed by atoms with Gasteiger partial charge in [-0.15, -0.1) is 0 Å². The Morgan fingerprint density at radius 2 is 2.37 bits per heavy atom. The van der Waals surface area contributed by atoms with Crippen molar-refractivity contribution < 1.29 is 9.00 Å². The number of benzene rings is 1. The van der Waals surface area contributed by atoms with Gasteiger partial charge in [0.15, 0.2) is 0 Å². The van der Waals surface area contributed by atoms with Crippen LogP contribution in [0.5, 0.6) is 0 Å². The standard InChI is InChI=1S/C13H17ClN2O2S/c1-19(18)8-10-6-11(2-3-12(10)14)16-13(17)9-4-5-15-7-9/h2-3,6,9,15H,4-5,7-8H2,1H3,(H,16,17). The maximum Gasteiger partial charge on any atom is 0.228 e. The minimum atomic E-state index is -0.957. The number of hydrogen-bond donors (Lipinski definition) is 2. The first kappa shape index (κ1) is 14.5. The molecule has 1 aromatic rings. The van der Waals surface area contributed by atoms with Crippen molar-refractivity contribution in [3.8, 4) is 0 Å². The molecule has 0 saturated carbocycles. The molecule has 1 fully saturated rings. The van der Waals surface area contributed by atoms with Gasteiger partial charge in [-0.1, -0.05) is 11.6 Å². The maximum atomic E-state index is 12.0. The van der Waals surface area contributed by atoms with Crippen molar-refractivity contribution in [2.75, 3.05) is 24.7 Å². The normalized spacial score (nSPS) is 20.2. The highest BCUT2D eigenvalue weighted by Gasteiger charge is 2.22. The van der Waals surface area contributed by atoms with Crippen LogP contribution in [0.4, 0.5) is 5.69 Å². The van der Waals surface area contributed by atoms with Gasteiger partial charge in [0.25, 0.3) is 0 Å². The molecular weight excluding hydrogens is 284 g/mol. The van der Waals surface area contributed by atoms with E-state index in [4.69, 9.17) is 11.6 Å². The topological polar surface area (TPSA) is 58.2 Å². The molecule has 1 aromatic carbocycles. The fourth-order valence-electron chi connectivity index (χ4n) is 2.10. The van der Waals surface area contributed by atoms with Crippen LogP contribution in [-0.4, -0.2) is 29.5 Å². The second-order valence-electron chi connectivity index (χ2n) is 4.70. The van der Waals surface area contributed by atoms with Crippen LogP contribution >= 0.6 is 11.6 Å². The van der Waals surface area contributed by atoms with E-state index < -0.39 is 10.8 Å². The van der Waals surface area contributed by atoms with E-state index in [1.54, 1.807) is 24.5 Å². The van der Waals surface area contributed by atoms with E-state index in [0.717, 1.165) is 25.1 Å². The molecule has 0 bridgehead atoms. The minimum Gasteiger partial charge on any atom is -0.326 e. The van der Waals surface area contributed by atoms with Gasteiger partial charge in [-0.05, 0) is 36.7 Å². The Kier molecular flexibility index (Phi) is 4.96. The van der Waals surface area contributed by atoms with Crippen molar-refractivity contribution >= 4 is 34.0 Å². The molecule has 1 heterocycles. The summed E-state index contributed by atoms with van der Waals surface area (Å²) in [5.41, 5.74) is 1.51. The van der Waals surface area contributed by atoms with Crippen LogP contribution in [-0.2, 0) is 21.3 Å². The second-order valence-corrected chi connectivity index (χ2v) is 6.54. The van der Waals surface area contributed by atoms with Crippen LogP contribution in [0.2, 0.25) is 5.02 Å². The summed E-state index contributed by atoms with van der Waals surface area (Å²) in [5.74, 6) is 0.448. The molecule has 104 valence electrons. The molecule has 4 nitrogen and oxygen atoms in total. The smallest absolute Gasteiger partial charge is 0.228 e. The van der Waals surface area contributed by atoms with Gasteiger partial charge in [0.1, 0.15) is 0 Å². The number of carbonyl (C=O) groups excluding carboxylic acids is 1. The summed E-state index contributed by atoms with van der Waals surface area (Å²) in [7, 11) is -0.957. The van der Waals surface area contributed by atoms with Gasteiger partial charge in [0.2, 0.25) is 5.91 Å². The van der Waals surface area contributed by atoms with E-state index in [1.165, 1.54) is 0 Å². The Morgan fingerprint density at radius 1 is 1.58 bits per heavy atom. The largest absolute Gasteiger partial charge is 0.326 e. The summed E-state index contributed by atoms with van der Waals surface area (Å²) in [6.07, 6.45) is 2.50. The average Bonchev–Trinajstić information content (AvgIpc) is 2.86. The van der Waals surface area contributed by atoms with Crippen LogP contribution in [0.1, 0.15) is 12.0 Å². The highest BCUT2D eigenvalue weighted by Crippen LogP contribution is 2.22. The number of halogens is 1. The fraction of sp³-hybridized carbons (Fsp3) is 0.462. The van der Waals surface area contributed by atoms with Crippen LogP contribution in [0.25, 0.3) is 0 Å². The van der Waals surface area contributed by atoms with Crippen LogP contribution in [0.3, 0.4) is 0 Å². The summed E-state index contributed by atoms with van der Waals surface area (Å²) in [6.45, 7) is 1.62. The molecule has 2 N–H and O–H groups in total. The predicted octanol–water partition coefficient (Wildman–Crippen LogP) is 1.77. The van der Waals surface area contributed by atoms with Crippen molar-refractivity contribution in [1.29, 1.82) is 0 Å². The first-order valence-electron chi connectivity index (χ1n) is 6.16. The van der Waals surface area contributed by atoms with Crippen molar-refractivity contribution in [2.24, 2.45) is 5.92 Å². The third kappa shape index (κ3) is 4.03. The number of amides is 1. The third-order valence-corrected chi connectivity index (χ3v) is 4.19.